The van der Waals surface area contributed by atoms with E-state index in [0.29, 0.717) is 0 Å². The Kier molecular flexibility index (Phi) is 3.78. The van der Waals surface area contributed by atoms with E-state index in [1.165, 1.54) is 20.7 Å². The highest BCUT2D eigenvalue weighted by Gasteiger charge is 2.14. The van der Waals surface area contributed by atoms with Crippen molar-refractivity contribution in [3.8, 4) is 0 Å². The van der Waals surface area contributed by atoms with E-state index >= 15 is 0 Å². The van der Waals surface area contributed by atoms with E-state index in [1.807, 2.05) is 24.4 Å². The molecule has 20 heavy (non-hydrogen) atoms. The maximum Gasteiger partial charge on any atom is 0.0704 e. The lowest BCUT2D eigenvalue weighted by Crippen LogP contribution is -2.29. The number of aromatic nitrogens is 1. The molecule has 1 aromatic carbocycles. The zero-order valence-corrected chi connectivity index (χ0v) is 12.2. The summed E-state index contributed by atoms with van der Waals surface area (Å²) < 4.78 is 0. The fraction of sp³-hybridized carbons (Fsp3) is 0.188. The lowest BCUT2D eigenvalue weighted by Gasteiger charge is -2.15. The third kappa shape index (κ3) is 2.58. The number of nitrogens with one attached hydrogen (secondary N) is 1. The van der Waals surface area contributed by atoms with Gasteiger partial charge in [0, 0.05) is 21.3 Å². The van der Waals surface area contributed by atoms with Gasteiger partial charge < -0.3 is 0 Å². The number of fused-ring (bicyclic) bond motifs is 1. The van der Waals surface area contributed by atoms with Gasteiger partial charge in [0.05, 0.1) is 11.6 Å². The molecule has 0 spiro atoms. The Hall–Kier alpha value is -1.75. The van der Waals surface area contributed by atoms with Gasteiger partial charge in [0.2, 0.25) is 0 Å². The van der Waals surface area contributed by atoms with Crippen molar-refractivity contribution in [1.29, 1.82) is 0 Å². The van der Waals surface area contributed by atoms with Gasteiger partial charge in [-0.15, -0.1) is 11.3 Å². The Labute approximate surface area is 122 Å². The highest BCUT2D eigenvalue weighted by atomic mass is 32.1. The van der Waals surface area contributed by atoms with Crippen LogP contribution in [0.25, 0.3) is 10.9 Å². The van der Waals surface area contributed by atoms with Gasteiger partial charge in [0.1, 0.15) is 0 Å². The molecule has 3 aromatic rings. The van der Waals surface area contributed by atoms with Crippen LogP contribution < -0.4 is 11.3 Å². The molecule has 0 bridgehead atoms. The van der Waals surface area contributed by atoms with Crippen LogP contribution in [0.3, 0.4) is 0 Å². The molecular formula is C16H17N3S. The normalized spacial score (nSPS) is 12.7. The van der Waals surface area contributed by atoms with E-state index in [9.17, 15) is 0 Å². The van der Waals surface area contributed by atoms with E-state index < -0.39 is 0 Å². The van der Waals surface area contributed by atoms with Gasteiger partial charge in [-0.25, -0.2) is 0 Å². The van der Waals surface area contributed by atoms with Crippen LogP contribution in [0, 0.1) is 6.92 Å². The van der Waals surface area contributed by atoms with Crippen LogP contribution in [-0.4, -0.2) is 4.98 Å². The van der Waals surface area contributed by atoms with Crippen molar-refractivity contribution < 1.29 is 0 Å². The highest BCUT2D eigenvalue weighted by molar-refractivity contribution is 7.12. The first kappa shape index (κ1) is 13.2. The quantitative estimate of drug-likeness (QED) is 0.570. The third-order valence-electron chi connectivity index (χ3n) is 3.47. The molecule has 1 atom stereocenters. The number of rotatable bonds is 4. The van der Waals surface area contributed by atoms with Crippen molar-refractivity contribution in [2.24, 2.45) is 5.84 Å². The molecule has 0 saturated heterocycles. The summed E-state index contributed by atoms with van der Waals surface area (Å²) in [6, 6.07) is 14.7. The minimum Gasteiger partial charge on any atom is -0.271 e. The Morgan fingerprint density at radius 3 is 2.80 bits per heavy atom. The lowest BCUT2D eigenvalue weighted by molar-refractivity contribution is 0.562. The first-order valence-corrected chi connectivity index (χ1v) is 7.44. The highest BCUT2D eigenvalue weighted by Crippen LogP contribution is 2.27. The summed E-state index contributed by atoms with van der Waals surface area (Å²) >= 11 is 1.79. The van der Waals surface area contributed by atoms with Crippen LogP contribution in [0.15, 0.2) is 48.7 Å². The van der Waals surface area contributed by atoms with Crippen LogP contribution in [0.5, 0.6) is 0 Å². The zero-order chi connectivity index (χ0) is 13.9. The predicted molar refractivity (Wildman–Crippen MR) is 84.6 cm³/mol. The number of aryl methyl sites for hydroxylation is 1. The summed E-state index contributed by atoms with van der Waals surface area (Å²) in [5.74, 6) is 5.75. The summed E-state index contributed by atoms with van der Waals surface area (Å²) in [6.07, 6.45) is 2.73. The molecule has 0 amide bonds. The molecule has 3 rings (SSSR count). The van der Waals surface area contributed by atoms with Crippen LogP contribution in [0.2, 0.25) is 0 Å². The summed E-state index contributed by atoms with van der Waals surface area (Å²) in [6.45, 7) is 2.11. The second-order valence-electron chi connectivity index (χ2n) is 4.86. The van der Waals surface area contributed by atoms with Gasteiger partial charge in [-0.1, -0.05) is 18.2 Å². The molecule has 0 radical (unpaired) electrons. The molecular weight excluding hydrogens is 266 g/mol. The molecule has 3 N–H and O–H groups in total. The first-order valence-electron chi connectivity index (χ1n) is 6.63. The van der Waals surface area contributed by atoms with Gasteiger partial charge in [-0.05, 0) is 43.2 Å². The van der Waals surface area contributed by atoms with Crippen molar-refractivity contribution in [3.05, 3.63) is 64.0 Å². The van der Waals surface area contributed by atoms with Gasteiger partial charge in [0.25, 0.3) is 0 Å². The van der Waals surface area contributed by atoms with E-state index in [1.54, 1.807) is 11.3 Å². The molecule has 0 fully saturated rings. The maximum atomic E-state index is 5.75. The van der Waals surface area contributed by atoms with E-state index in [-0.39, 0.29) is 6.04 Å². The lowest BCUT2D eigenvalue weighted by atomic mass is 10.0. The smallest absolute Gasteiger partial charge is 0.0704 e. The van der Waals surface area contributed by atoms with Crippen LogP contribution in [0.4, 0.5) is 0 Å². The molecule has 1 unspecified atom stereocenters. The Morgan fingerprint density at radius 2 is 2.05 bits per heavy atom. The minimum atomic E-state index is 0.138. The predicted octanol–water partition coefficient (Wildman–Crippen LogP) is 3.35. The molecule has 2 aromatic heterocycles. The fourth-order valence-corrected chi connectivity index (χ4v) is 3.37. The monoisotopic (exact) mass is 283 g/mol. The topological polar surface area (TPSA) is 50.9 Å². The molecule has 3 nitrogen and oxygen atoms in total. The van der Waals surface area contributed by atoms with E-state index in [0.717, 1.165) is 11.9 Å². The number of para-hydroxylation sites is 1. The van der Waals surface area contributed by atoms with E-state index in [4.69, 9.17) is 5.84 Å². The Bertz CT molecular complexity index is 715. The molecule has 102 valence electrons. The summed E-state index contributed by atoms with van der Waals surface area (Å²) in [7, 11) is 0. The van der Waals surface area contributed by atoms with Crippen molar-refractivity contribution in [2.45, 2.75) is 19.4 Å². The van der Waals surface area contributed by atoms with Crippen molar-refractivity contribution in [2.75, 3.05) is 0 Å². The average molecular weight is 283 g/mol. The standard InChI is InChI=1S/C16H17N3S/c1-11-6-7-16(20-11)15(19-17)10-12-8-9-18-14-5-3-2-4-13(12)14/h2-9,15,19H,10,17H2,1H3. The van der Waals surface area contributed by atoms with Gasteiger partial charge in [-0.2, -0.15) is 0 Å². The van der Waals surface area contributed by atoms with Crippen LogP contribution in [-0.2, 0) is 6.42 Å². The second kappa shape index (κ2) is 5.71. The second-order valence-corrected chi connectivity index (χ2v) is 6.18. The Morgan fingerprint density at radius 1 is 1.20 bits per heavy atom. The summed E-state index contributed by atoms with van der Waals surface area (Å²) in [4.78, 5) is 6.98. The van der Waals surface area contributed by atoms with E-state index in [2.05, 4.69) is 41.6 Å². The van der Waals surface area contributed by atoms with Crippen molar-refractivity contribution in [1.82, 2.24) is 10.4 Å². The Balaban J connectivity index is 1.95. The number of pyridine rings is 1. The van der Waals surface area contributed by atoms with Crippen LogP contribution >= 0.6 is 11.3 Å². The number of hydrazine groups is 1. The number of nitrogens with two attached hydrogens (primary N) is 1. The van der Waals surface area contributed by atoms with Gasteiger partial charge in [-0.3, -0.25) is 16.3 Å². The summed E-state index contributed by atoms with van der Waals surface area (Å²) in [5, 5.41) is 1.20. The van der Waals surface area contributed by atoms with Gasteiger partial charge in [0.15, 0.2) is 0 Å². The van der Waals surface area contributed by atoms with Crippen molar-refractivity contribution >= 4 is 22.2 Å². The largest absolute Gasteiger partial charge is 0.271 e. The number of nitrogens with zero attached hydrogens (tertiary/aromatic N) is 1. The molecule has 2 heterocycles. The average Bonchev–Trinajstić information content (AvgIpc) is 2.91. The number of hydrogen-bond donors (Lipinski definition) is 2. The first-order chi connectivity index (χ1) is 9.78. The summed E-state index contributed by atoms with van der Waals surface area (Å²) in [5.41, 5.74) is 5.23. The third-order valence-corrected chi connectivity index (χ3v) is 4.58. The maximum absolute atomic E-state index is 5.75. The molecule has 0 aliphatic heterocycles. The fourth-order valence-electron chi connectivity index (χ4n) is 2.44. The van der Waals surface area contributed by atoms with Crippen molar-refractivity contribution in [3.63, 3.8) is 0 Å². The zero-order valence-electron chi connectivity index (χ0n) is 11.3. The van der Waals surface area contributed by atoms with Gasteiger partial charge >= 0.3 is 0 Å². The minimum absolute atomic E-state index is 0.138. The number of hydrogen-bond acceptors (Lipinski definition) is 4. The molecule has 4 heteroatoms. The molecule has 0 saturated carbocycles. The molecule has 0 aliphatic rings. The SMILES string of the molecule is Cc1ccc(C(Cc2ccnc3ccccc23)NN)s1. The molecule has 0 aliphatic carbocycles. The number of benzene rings is 1. The number of thiophene rings is 1. The van der Waals surface area contributed by atoms with Crippen LogP contribution in [0.1, 0.15) is 21.4 Å².